The molecule has 0 spiro atoms. The minimum Gasteiger partial charge on any atom is -0.481 e. The molecule has 0 amide bonds. The molecule has 7 nitrogen and oxygen atoms in total. The fraction of sp³-hybridized carbons (Fsp3) is 0.438. The van der Waals surface area contributed by atoms with Gasteiger partial charge in [-0.1, -0.05) is 30.3 Å². The number of esters is 2. The smallest absolute Gasteiger partial charge is 0.323 e. The molecule has 7 heteroatoms. The molecule has 1 aliphatic rings. The van der Waals surface area contributed by atoms with E-state index in [4.69, 9.17) is 9.84 Å². The normalized spacial score (nSPS) is 20.9. The van der Waals surface area contributed by atoms with Crippen LogP contribution < -0.4 is 0 Å². The molecule has 1 aliphatic heterocycles. The van der Waals surface area contributed by atoms with E-state index in [2.05, 4.69) is 4.74 Å². The lowest BCUT2D eigenvalue weighted by molar-refractivity contribution is -0.150. The first kappa shape index (κ1) is 17.0. The van der Waals surface area contributed by atoms with Crippen molar-refractivity contribution in [3.05, 3.63) is 35.9 Å². The molecular formula is C16H19NO6. The Labute approximate surface area is 133 Å². The first-order chi connectivity index (χ1) is 11.0. The Hall–Kier alpha value is -2.41. The molecule has 0 aromatic heterocycles. The molecule has 124 valence electrons. The summed E-state index contributed by atoms with van der Waals surface area (Å²) in [5.74, 6) is -2.72. The lowest BCUT2D eigenvalue weighted by Gasteiger charge is -2.21. The van der Waals surface area contributed by atoms with Gasteiger partial charge < -0.3 is 14.6 Å². The number of carboxylic acid groups (broad SMARTS) is 1. The zero-order valence-electron chi connectivity index (χ0n) is 12.8. The van der Waals surface area contributed by atoms with Crippen molar-refractivity contribution in [1.29, 1.82) is 0 Å². The Kier molecular flexibility index (Phi) is 5.70. The Morgan fingerprint density at radius 3 is 2.57 bits per heavy atom. The number of hydrogen-bond donors (Lipinski definition) is 1. The van der Waals surface area contributed by atoms with Gasteiger partial charge in [0.2, 0.25) is 0 Å². The number of nitrogens with zero attached hydrogens (tertiary/aromatic N) is 1. The van der Waals surface area contributed by atoms with Crippen LogP contribution in [0.5, 0.6) is 0 Å². The molecule has 0 radical (unpaired) electrons. The van der Waals surface area contributed by atoms with Crippen LogP contribution in [0.1, 0.15) is 12.0 Å². The first-order valence-electron chi connectivity index (χ1n) is 7.25. The number of benzene rings is 1. The van der Waals surface area contributed by atoms with Crippen molar-refractivity contribution in [3.63, 3.8) is 0 Å². The van der Waals surface area contributed by atoms with Gasteiger partial charge in [-0.2, -0.15) is 0 Å². The number of likely N-dealkylation sites (tertiary alicyclic amines) is 1. The number of aliphatic carboxylic acids is 1. The highest BCUT2D eigenvalue weighted by atomic mass is 16.5. The van der Waals surface area contributed by atoms with Crippen LogP contribution in [0, 0.1) is 5.92 Å². The fourth-order valence-electron chi connectivity index (χ4n) is 2.59. The number of ether oxygens (including phenoxy) is 2. The van der Waals surface area contributed by atoms with E-state index in [1.807, 2.05) is 30.3 Å². The van der Waals surface area contributed by atoms with Gasteiger partial charge in [0.15, 0.2) is 0 Å². The predicted octanol–water partition coefficient (Wildman–Crippen LogP) is 0.678. The number of carbonyl (C=O) groups is 3. The Morgan fingerprint density at radius 2 is 1.96 bits per heavy atom. The second-order valence-electron chi connectivity index (χ2n) is 5.39. The molecule has 2 atom stereocenters. The van der Waals surface area contributed by atoms with Gasteiger partial charge >= 0.3 is 17.9 Å². The van der Waals surface area contributed by atoms with Crippen molar-refractivity contribution in [1.82, 2.24) is 4.90 Å². The van der Waals surface area contributed by atoms with Crippen molar-refractivity contribution in [3.8, 4) is 0 Å². The van der Waals surface area contributed by atoms with Gasteiger partial charge in [0, 0.05) is 6.54 Å². The summed E-state index contributed by atoms with van der Waals surface area (Å²) in [6.45, 7) is 0.116. The number of methoxy groups -OCH3 is 1. The zero-order valence-corrected chi connectivity index (χ0v) is 12.8. The average molecular weight is 321 g/mol. The quantitative estimate of drug-likeness (QED) is 0.770. The molecule has 0 bridgehead atoms. The molecule has 0 aliphatic carbocycles. The molecule has 23 heavy (non-hydrogen) atoms. The minimum atomic E-state index is -0.987. The molecule has 1 N–H and O–H groups in total. The van der Waals surface area contributed by atoms with Gasteiger partial charge in [-0.05, 0) is 12.0 Å². The van der Waals surface area contributed by atoms with E-state index < -0.39 is 29.9 Å². The molecule has 1 saturated heterocycles. The Morgan fingerprint density at radius 1 is 1.26 bits per heavy atom. The van der Waals surface area contributed by atoms with Crippen LogP contribution in [0.15, 0.2) is 30.3 Å². The highest BCUT2D eigenvalue weighted by molar-refractivity contribution is 5.80. The standard InChI is InChI=1S/C16H19NO6/c1-22-16(21)13-7-12(15(19)20)8-17(13)9-14(18)23-10-11-5-3-2-4-6-11/h2-6,12-13H,7-10H2,1H3,(H,19,20)/t12-,13-/m0/s1. The Bertz CT molecular complexity index is 573. The maximum absolute atomic E-state index is 11.9. The first-order valence-corrected chi connectivity index (χ1v) is 7.25. The number of carbonyl (C=O) groups excluding carboxylic acids is 2. The molecule has 0 unspecified atom stereocenters. The monoisotopic (exact) mass is 321 g/mol. The summed E-state index contributed by atoms with van der Waals surface area (Å²) in [4.78, 5) is 36.3. The molecule has 1 aromatic rings. The zero-order chi connectivity index (χ0) is 16.8. The fourth-order valence-corrected chi connectivity index (χ4v) is 2.59. The van der Waals surface area contributed by atoms with E-state index in [0.717, 1.165) is 5.56 Å². The third-order valence-electron chi connectivity index (χ3n) is 3.80. The van der Waals surface area contributed by atoms with E-state index in [1.165, 1.54) is 12.0 Å². The van der Waals surface area contributed by atoms with Crippen LogP contribution in [0.25, 0.3) is 0 Å². The largest absolute Gasteiger partial charge is 0.481 e. The molecule has 1 heterocycles. The van der Waals surface area contributed by atoms with Crippen LogP contribution in [0.4, 0.5) is 0 Å². The Balaban J connectivity index is 1.92. The number of carboxylic acids is 1. The number of rotatable bonds is 6. The van der Waals surface area contributed by atoms with Crippen molar-refractivity contribution < 1.29 is 29.0 Å². The highest BCUT2D eigenvalue weighted by Gasteiger charge is 2.41. The average Bonchev–Trinajstić information content (AvgIpc) is 2.97. The predicted molar refractivity (Wildman–Crippen MR) is 79.4 cm³/mol. The van der Waals surface area contributed by atoms with E-state index in [1.54, 1.807) is 0 Å². The van der Waals surface area contributed by atoms with Crippen molar-refractivity contribution in [2.24, 2.45) is 5.92 Å². The van der Waals surface area contributed by atoms with Crippen LogP contribution >= 0.6 is 0 Å². The summed E-state index contributed by atoms with van der Waals surface area (Å²) < 4.78 is 9.84. The summed E-state index contributed by atoms with van der Waals surface area (Å²) >= 11 is 0. The summed E-state index contributed by atoms with van der Waals surface area (Å²) in [6.07, 6.45) is 0.133. The van der Waals surface area contributed by atoms with Crippen molar-refractivity contribution in [2.45, 2.75) is 19.1 Å². The van der Waals surface area contributed by atoms with Crippen LogP contribution in [0.3, 0.4) is 0 Å². The second-order valence-corrected chi connectivity index (χ2v) is 5.39. The molecule has 0 saturated carbocycles. The van der Waals surface area contributed by atoms with Crippen molar-refractivity contribution in [2.75, 3.05) is 20.2 Å². The maximum atomic E-state index is 11.9. The van der Waals surface area contributed by atoms with Crippen LogP contribution in [-0.4, -0.2) is 54.2 Å². The summed E-state index contributed by atoms with van der Waals surface area (Å²) in [6, 6.07) is 8.48. The topological polar surface area (TPSA) is 93.1 Å². The van der Waals surface area contributed by atoms with Crippen LogP contribution in [0.2, 0.25) is 0 Å². The summed E-state index contributed by atoms with van der Waals surface area (Å²) in [5, 5.41) is 9.09. The van der Waals surface area contributed by atoms with Gasteiger partial charge in [-0.15, -0.1) is 0 Å². The molecule has 2 rings (SSSR count). The highest BCUT2D eigenvalue weighted by Crippen LogP contribution is 2.24. The number of hydrogen-bond acceptors (Lipinski definition) is 6. The third-order valence-corrected chi connectivity index (χ3v) is 3.80. The van der Waals surface area contributed by atoms with Gasteiger partial charge in [-0.25, -0.2) is 0 Å². The summed E-state index contributed by atoms with van der Waals surface area (Å²) in [7, 11) is 1.24. The maximum Gasteiger partial charge on any atom is 0.323 e. The van der Waals surface area contributed by atoms with E-state index in [-0.39, 0.29) is 26.1 Å². The van der Waals surface area contributed by atoms with Gasteiger partial charge in [-0.3, -0.25) is 19.3 Å². The summed E-state index contributed by atoms with van der Waals surface area (Å²) in [5.41, 5.74) is 0.857. The van der Waals surface area contributed by atoms with Gasteiger partial charge in [0.25, 0.3) is 0 Å². The second kappa shape index (κ2) is 7.73. The van der Waals surface area contributed by atoms with E-state index in [9.17, 15) is 14.4 Å². The van der Waals surface area contributed by atoms with Gasteiger partial charge in [0.05, 0.1) is 19.6 Å². The SMILES string of the molecule is COC(=O)[C@@H]1C[C@H](C(=O)O)CN1CC(=O)OCc1ccccc1. The minimum absolute atomic E-state index is 0.121. The lowest BCUT2D eigenvalue weighted by atomic mass is 10.1. The van der Waals surface area contributed by atoms with Crippen LogP contribution in [-0.2, 0) is 30.5 Å². The molecule has 1 aromatic carbocycles. The van der Waals surface area contributed by atoms with E-state index in [0.29, 0.717) is 0 Å². The molecular weight excluding hydrogens is 302 g/mol. The van der Waals surface area contributed by atoms with Gasteiger partial charge in [0.1, 0.15) is 12.6 Å². The molecule has 1 fully saturated rings. The van der Waals surface area contributed by atoms with Crippen molar-refractivity contribution >= 4 is 17.9 Å². The third kappa shape index (κ3) is 4.53. The lowest BCUT2D eigenvalue weighted by Crippen LogP contribution is -2.40. The van der Waals surface area contributed by atoms with E-state index >= 15 is 0 Å².